The van der Waals surface area contributed by atoms with Gasteiger partial charge >= 0.3 is 0 Å². The minimum absolute atomic E-state index is 0.0583. The largest absolute Gasteiger partial charge is 0.497 e. The Morgan fingerprint density at radius 2 is 2.00 bits per heavy atom. The predicted octanol–water partition coefficient (Wildman–Crippen LogP) is 2.12. The van der Waals surface area contributed by atoms with Gasteiger partial charge in [0.25, 0.3) is 0 Å². The summed E-state index contributed by atoms with van der Waals surface area (Å²) in [5, 5.41) is 2.72. The summed E-state index contributed by atoms with van der Waals surface area (Å²) in [6, 6.07) is 6.93. The third kappa shape index (κ3) is 4.91. The van der Waals surface area contributed by atoms with Crippen molar-refractivity contribution in [3.05, 3.63) is 42.5 Å². The molecule has 0 radical (unpaired) electrons. The summed E-state index contributed by atoms with van der Waals surface area (Å²) >= 11 is 0. The third-order valence-electron chi connectivity index (χ3n) is 3.40. The Morgan fingerprint density at radius 1 is 1.36 bits per heavy atom. The van der Waals surface area contributed by atoms with Gasteiger partial charge in [-0.15, -0.1) is 6.58 Å². The first kappa shape index (κ1) is 17.8. The van der Waals surface area contributed by atoms with Crippen molar-refractivity contribution in [2.45, 2.75) is 32.9 Å². The molecule has 1 aromatic carbocycles. The molecular weight excluding hydrogens is 280 g/mol. The van der Waals surface area contributed by atoms with E-state index in [1.54, 1.807) is 31.9 Å². The monoisotopic (exact) mass is 304 g/mol. The van der Waals surface area contributed by atoms with E-state index in [4.69, 9.17) is 4.74 Å². The molecule has 0 aliphatic heterocycles. The van der Waals surface area contributed by atoms with Crippen LogP contribution in [0.3, 0.4) is 0 Å². The van der Waals surface area contributed by atoms with Crippen molar-refractivity contribution in [3.63, 3.8) is 0 Å². The van der Waals surface area contributed by atoms with Crippen LogP contribution < -0.4 is 10.1 Å². The minimum Gasteiger partial charge on any atom is -0.497 e. The second-order valence-electron chi connectivity index (χ2n) is 4.93. The lowest BCUT2D eigenvalue weighted by Gasteiger charge is -2.28. The fourth-order valence-corrected chi connectivity index (χ4v) is 2.03. The zero-order valence-electron chi connectivity index (χ0n) is 13.5. The van der Waals surface area contributed by atoms with Crippen LogP contribution in [0.4, 0.5) is 0 Å². The lowest BCUT2D eigenvalue weighted by molar-refractivity contribution is -0.140. The SMILES string of the molecule is C=CCNC(=O)[C@@H](C)N(Cc1ccc(OC)cc1)C(=O)CC. The normalized spacial score (nSPS) is 11.4. The smallest absolute Gasteiger partial charge is 0.242 e. The number of benzene rings is 1. The number of rotatable bonds is 8. The number of carbonyl (C=O) groups excluding carboxylic acids is 2. The van der Waals surface area contributed by atoms with Crippen molar-refractivity contribution >= 4 is 11.8 Å². The van der Waals surface area contributed by atoms with Gasteiger partial charge in [-0.1, -0.05) is 25.1 Å². The molecule has 2 amide bonds. The first-order valence-electron chi connectivity index (χ1n) is 7.34. The molecule has 0 spiro atoms. The van der Waals surface area contributed by atoms with Crippen molar-refractivity contribution < 1.29 is 14.3 Å². The number of nitrogens with zero attached hydrogens (tertiary/aromatic N) is 1. The van der Waals surface area contributed by atoms with Crippen LogP contribution in [0.15, 0.2) is 36.9 Å². The Kier molecular flexibility index (Phi) is 7.16. The number of carbonyl (C=O) groups is 2. The van der Waals surface area contributed by atoms with E-state index in [2.05, 4.69) is 11.9 Å². The highest BCUT2D eigenvalue weighted by Gasteiger charge is 2.24. The average Bonchev–Trinajstić information content (AvgIpc) is 2.56. The third-order valence-corrected chi connectivity index (χ3v) is 3.40. The topological polar surface area (TPSA) is 58.6 Å². The molecule has 1 atom stereocenters. The van der Waals surface area contributed by atoms with E-state index in [0.29, 0.717) is 19.5 Å². The summed E-state index contributed by atoms with van der Waals surface area (Å²) in [7, 11) is 1.61. The first-order chi connectivity index (χ1) is 10.5. The summed E-state index contributed by atoms with van der Waals surface area (Å²) in [4.78, 5) is 25.8. The molecule has 0 aromatic heterocycles. The van der Waals surface area contributed by atoms with E-state index in [-0.39, 0.29) is 11.8 Å². The fraction of sp³-hybridized carbons (Fsp3) is 0.412. The molecule has 0 aliphatic rings. The Bertz CT molecular complexity index is 511. The van der Waals surface area contributed by atoms with E-state index in [9.17, 15) is 9.59 Å². The lowest BCUT2D eigenvalue weighted by Crippen LogP contribution is -2.47. The molecule has 0 saturated heterocycles. The number of methoxy groups -OCH3 is 1. The van der Waals surface area contributed by atoms with E-state index < -0.39 is 6.04 Å². The van der Waals surface area contributed by atoms with E-state index in [1.165, 1.54) is 0 Å². The van der Waals surface area contributed by atoms with Gasteiger partial charge in [-0.05, 0) is 24.6 Å². The van der Waals surface area contributed by atoms with Gasteiger partial charge in [0.15, 0.2) is 0 Å². The Labute approximate surface area is 132 Å². The highest BCUT2D eigenvalue weighted by molar-refractivity contribution is 5.87. The number of hydrogen-bond acceptors (Lipinski definition) is 3. The fourth-order valence-electron chi connectivity index (χ4n) is 2.03. The maximum absolute atomic E-state index is 12.2. The summed E-state index contributed by atoms with van der Waals surface area (Å²) < 4.78 is 5.12. The first-order valence-corrected chi connectivity index (χ1v) is 7.34. The number of amides is 2. The van der Waals surface area contributed by atoms with Crippen LogP contribution in [0.2, 0.25) is 0 Å². The van der Waals surface area contributed by atoms with E-state index in [0.717, 1.165) is 11.3 Å². The Hall–Kier alpha value is -2.30. The molecular formula is C17H24N2O3. The number of nitrogens with one attached hydrogen (secondary N) is 1. The van der Waals surface area contributed by atoms with Gasteiger partial charge in [0.05, 0.1) is 7.11 Å². The molecule has 0 heterocycles. The molecule has 0 unspecified atom stereocenters. The molecule has 1 aromatic rings. The maximum atomic E-state index is 12.2. The Balaban J connectivity index is 2.85. The average molecular weight is 304 g/mol. The van der Waals surface area contributed by atoms with Crippen molar-refractivity contribution in [1.82, 2.24) is 10.2 Å². The molecule has 5 heteroatoms. The highest BCUT2D eigenvalue weighted by atomic mass is 16.5. The molecule has 0 aliphatic carbocycles. The standard InChI is InChI=1S/C17H24N2O3/c1-5-11-18-17(21)13(3)19(16(20)6-2)12-14-7-9-15(22-4)10-8-14/h5,7-10,13H,1,6,11-12H2,2-4H3,(H,18,21)/t13-/m1/s1. The molecule has 0 saturated carbocycles. The molecule has 5 nitrogen and oxygen atoms in total. The summed E-state index contributed by atoms with van der Waals surface area (Å²) in [6.45, 7) is 7.86. The van der Waals surface area contributed by atoms with Crippen LogP contribution in [0.25, 0.3) is 0 Å². The molecule has 1 rings (SSSR count). The molecule has 0 bridgehead atoms. The zero-order chi connectivity index (χ0) is 16.5. The van der Waals surface area contributed by atoms with Gasteiger partial charge in [0.1, 0.15) is 11.8 Å². The van der Waals surface area contributed by atoms with Gasteiger partial charge in [0, 0.05) is 19.5 Å². The maximum Gasteiger partial charge on any atom is 0.242 e. The van der Waals surface area contributed by atoms with Crippen molar-refractivity contribution in [2.24, 2.45) is 0 Å². The number of hydrogen-bond donors (Lipinski definition) is 1. The van der Waals surface area contributed by atoms with E-state index in [1.807, 2.05) is 24.3 Å². The van der Waals surface area contributed by atoms with Crippen LogP contribution in [0, 0.1) is 0 Å². The van der Waals surface area contributed by atoms with Gasteiger partial charge in [-0.2, -0.15) is 0 Å². The lowest BCUT2D eigenvalue weighted by atomic mass is 10.1. The quantitative estimate of drug-likeness (QED) is 0.748. The molecule has 0 fully saturated rings. The van der Waals surface area contributed by atoms with Crippen LogP contribution in [0.5, 0.6) is 5.75 Å². The van der Waals surface area contributed by atoms with Gasteiger partial charge < -0.3 is 15.0 Å². The van der Waals surface area contributed by atoms with Crippen LogP contribution in [-0.4, -0.2) is 36.4 Å². The minimum atomic E-state index is -0.533. The van der Waals surface area contributed by atoms with E-state index >= 15 is 0 Å². The van der Waals surface area contributed by atoms with Gasteiger partial charge in [-0.25, -0.2) is 0 Å². The van der Waals surface area contributed by atoms with Crippen LogP contribution >= 0.6 is 0 Å². The zero-order valence-corrected chi connectivity index (χ0v) is 13.5. The van der Waals surface area contributed by atoms with Crippen LogP contribution in [-0.2, 0) is 16.1 Å². The van der Waals surface area contributed by atoms with Crippen molar-refractivity contribution in [3.8, 4) is 5.75 Å². The molecule has 1 N–H and O–H groups in total. The summed E-state index contributed by atoms with van der Waals surface area (Å²) in [5.41, 5.74) is 0.950. The van der Waals surface area contributed by atoms with Crippen molar-refractivity contribution in [2.75, 3.05) is 13.7 Å². The van der Waals surface area contributed by atoms with Crippen LogP contribution in [0.1, 0.15) is 25.8 Å². The summed E-state index contributed by atoms with van der Waals surface area (Å²) in [6.07, 6.45) is 1.97. The van der Waals surface area contributed by atoms with Gasteiger partial charge in [0.2, 0.25) is 11.8 Å². The second-order valence-corrected chi connectivity index (χ2v) is 4.93. The molecule has 120 valence electrons. The summed E-state index contributed by atoms with van der Waals surface area (Å²) in [5.74, 6) is 0.515. The second kappa shape index (κ2) is 8.87. The molecule has 22 heavy (non-hydrogen) atoms. The van der Waals surface area contributed by atoms with Gasteiger partial charge in [-0.3, -0.25) is 9.59 Å². The highest BCUT2D eigenvalue weighted by Crippen LogP contribution is 2.15. The van der Waals surface area contributed by atoms with Crippen molar-refractivity contribution in [1.29, 1.82) is 0 Å². The predicted molar refractivity (Wildman–Crippen MR) is 86.5 cm³/mol. The Morgan fingerprint density at radius 3 is 2.50 bits per heavy atom. The number of ether oxygens (including phenoxy) is 1.